The minimum atomic E-state index is -1.36. The lowest BCUT2D eigenvalue weighted by molar-refractivity contribution is -0.123. The SMILES string of the molecule is CC(OC(=O)c1c(F)cccc1F)C(=O)Nc1ccc(F)cc1Cl. The van der Waals surface area contributed by atoms with Crippen LogP contribution < -0.4 is 5.32 Å². The van der Waals surface area contributed by atoms with E-state index in [-0.39, 0.29) is 10.7 Å². The minimum Gasteiger partial charge on any atom is -0.449 e. The molecule has 0 radical (unpaired) electrons. The van der Waals surface area contributed by atoms with Crippen molar-refractivity contribution in [3.63, 3.8) is 0 Å². The van der Waals surface area contributed by atoms with Gasteiger partial charge in [-0.1, -0.05) is 17.7 Å². The predicted octanol–water partition coefficient (Wildman–Crippen LogP) is 3.94. The molecule has 0 aliphatic carbocycles. The lowest BCUT2D eigenvalue weighted by Crippen LogP contribution is -2.30. The average molecular weight is 358 g/mol. The van der Waals surface area contributed by atoms with Gasteiger partial charge in [-0.15, -0.1) is 0 Å². The van der Waals surface area contributed by atoms with Crippen LogP contribution in [-0.2, 0) is 9.53 Å². The fourth-order valence-corrected chi connectivity index (χ4v) is 2.01. The van der Waals surface area contributed by atoms with Crippen molar-refractivity contribution in [2.24, 2.45) is 0 Å². The number of carbonyl (C=O) groups is 2. The van der Waals surface area contributed by atoms with Crippen molar-refractivity contribution < 1.29 is 27.5 Å². The van der Waals surface area contributed by atoms with Crippen LogP contribution in [0.3, 0.4) is 0 Å². The molecule has 2 rings (SSSR count). The second kappa shape index (κ2) is 7.35. The number of halogens is 4. The topological polar surface area (TPSA) is 55.4 Å². The Morgan fingerprint density at radius 3 is 2.33 bits per heavy atom. The third kappa shape index (κ3) is 4.05. The van der Waals surface area contributed by atoms with Crippen molar-refractivity contribution in [2.75, 3.05) is 5.32 Å². The predicted molar refractivity (Wildman–Crippen MR) is 81.3 cm³/mol. The molecular weight excluding hydrogens is 347 g/mol. The molecule has 126 valence electrons. The number of ether oxygens (including phenoxy) is 1. The zero-order valence-electron chi connectivity index (χ0n) is 12.3. The van der Waals surface area contributed by atoms with Crippen LogP contribution in [-0.4, -0.2) is 18.0 Å². The van der Waals surface area contributed by atoms with Gasteiger partial charge in [0, 0.05) is 0 Å². The van der Waals surface area contributed by atoms with Gasteiger partial charge in [0.15, 0.2) is 6.10 Å². The van der Waals surface area contributed by atoms with E-state index < -0.39 is 41.0 Å². The molecule has 24 heavy (non-hydrogen) atoms. The third-order valence-corrected chi connectivity index (χ3v) is 3.32. The van der Waals surface area contributed by atoms with E-state index in [2.05, 4.69) is 5.32 Å². The summed E-state index contributed by atoms with van der Waals surface area (Å²) in [7, 11) is 0. The van der Waals surface area contributed by atoms with Crippen molar-refractivity contribution in [1.82, 2.24) is 0 Å². The number of amides is 1. The number of anilines is 1. The van der Waals surface area contributed by atoms with E-state index in [0.29, 0.717) is 0 Å². The summed E-state index contributed by atoms with van der Waals surface area (Å²) in [5, 5.41) is 2.27. The maximum absolute atomic E-state index is 13.5. The van der Waals surface area contributed by atoms with Gasteiger partial charge in [-0.05, 0) is 37.3 Å². The van der Waals surface area contributed by atoms with E-state index in [4.69, 9.17) is 16.3 Å². The van der Waals surface area contributed by atoms with Gasteiger partial charge in [0.2, 0.25) is 0 Å². The maximum Gasteiger partial charge on any atom is 0.344 e. The van der Waals surface area contributed by atoms with Gasteiger partial charge in [-0.25, -0.2) is 18.0 Å². The molecule has 2 aromatic carbocycles. The number of hydrogen-bond donors (Lipinski definition) is 1. The number of nitrogens with one attached hydrogen (secondary N) is 1. The Morgan fingerprint density at radius 1 is 1.12 bits per heavy atom. The standard InChI is InChI=1S/C16H11ClF3NO3/c1-8(15(22)21-13-6-5-9(18)7-10(13)17)24-16(23)14-11(19)3-2-4-12(14)20/h2-8H,1H3,(H,21,22). The molecule has 0 aliphatic rings. The van der Waals surface area contributed by atoms with Gasteiger partial charge in [-0.2, -0.15) is 0 Å². The molecule has 0 aliphatic heterocycles. The van der Waals surface area contributed by atoms with E-state index in [0.717, 1.165) is 30.3 Å². The number of carbonyl (C=O) groups excluding carboxylic acids is 2. The smallest absolute Gasteiger partial charge is 0.344 e. The lowest BCUT2D eigenvalue weighted by Gasteiger charge is -2.14. The number of esters is 1. The number of hydrogen-bond acceptors (Lipinski definition) is 3. The molecule has 0 spiro atoms. The monoisotopic (exact) mass is 357 g/mol. The zero-order valence-corrected chi connectivity index (χ0v) is 13.0. The first-order valence-electron chi connectivity index (χ1n) is 6.70. The van der Waals surface area contributed by atoms with Gasteiger partial charge in [-0.3, -0.25) is 4.79 Å². The Labute approximate surface area is 140 Å². The van der Waals surface area contributed by atoms with Crippen LogP contribution in [0.2, 0.25) is 5.02 Å². The molecule has 1 unspecified atom stereocenters. The van der Waals surface area contributed by atoms with E-state index in [1.165, 1.54) is 13.0 Å². The summed E-state index contributed by atoms with van der Waals surface area (Å²) in [6, 6.07) is 6.16. The Bertz CT molecular complexity index is 778. The summed E-state index contributed by atoms with van der Waals surface area (Å²) in [5.74, 6) is -4.91. The maximum atomic E-state index is 13.5. The van der Waals surface area contributed by atoms with E-state index in [9.17, 15) is 22.8 Å². The van der Waals surface area contributed by atoms with E-state index in [1.54, 1.807) is 0 Å². The summed E-state index contributed by atoms with van der Waals surface area (Å²) in [4.78, 5) is 23.8. The van der Waals surface area contributed by atoms with Crippen molar-refractivity contribution in [3.8, 4) is 0 Å². The van der Waals surface area contributed by atoms with Gasteiger partial charge in [0.25, 0.3) is 5.91 Å². The molecule has 2 aromatic rings. The first kappa shape index (κ1) is 17.8. The molecule has 1 N–H and O–H groups in total. The van der Waals surface area contributed by atoms with Crippen LogP contribution in [0.1, 0.15) is 17.3 Å². The van der Waals surface area contributed by atoms with E-state index >= 15 is 0 Å². The van der Waals surface area contributed by atoms with Crippen LogP contribution in [0.25, 0.3) is 0 Å². The summed E-state index contributed by atoms with van der Waals surface area (Å²) < 4.78 is 44.7. The molecule has 0 saturated carbocycles. The summed E-state index contributed by atoms with van der Waals surface area (Å²) in [6.45, 7) is 1.21. The Kier molecular flexibility index (Phi) is 5.46. The van der Waals surface area contributed by atoms with Crippen LogP contribution in [0.4, 0.5) is 18.9 Å². The fourth-order valence-electron chi connectivity index (χ4n) is 1.79. The molecule has 0 fully saturated rings. The van der Waals surface area contributed by atoms with Crippen molar-refractivity contribution in [2.45, 2.75) is 13.0 Å². The highest BCUT2D eigenvalue weighted by molar-refractivity contribution is 6.33. The molecule has 8 heteroatoms. The zero-order chi connectivity index (χ0) is 17.9. The second-order valence-corrected chi connectivity index (χ2v) is 5.16. The summed E-state index contributed by atoms with van der Waals surface area (Å²) in [6.07, 6.45) is -1.36. The second-order valence-electron chi connectivity index (χ2n) is 4.76. The van der Waals surface area contributed by atoms with Crippen LogP contribution in [0.5, 0.6) is 0 Å². The van der Waals surface area contributed by atoms with Crippen molar-refractivity contribution >= 4 is 29.2 Å². The first-order valence-corrected chi connectivity index (χ1v) is 7.08. The highest BCUT2D eigenvalue weighted by Crippen LogP contribution is 2.23. The lowest BCUT2D eigenvalue weighted by atomic mass is 10.2. The molecule has 1 atom stereocenters. The Balaban J connectivity index is 2.07. The van der Waals surface area contributed by atoms with Crippen LogP contribution >= 0.6 is 11.6 Å². The molecule has 0 saturated heterocycles. The first-order chi connectivity index (χ1) is 11.3. The highest BCUT2D eigenvalue weighted by atomic mass is 35.5. The molecular formula is C16H11ClF3NO3. The summed E-state index contributed by atoms with van der Waals surface area (Å²) in [5.41, 5.74) is -0.792. The van der Waals surface area contributed by atoms with Crippen LogP contribution in [0, 0.1) is 17.5 Å². The molecule has 4 nitrogen and oxygen atoms in total. The molecule has 1 amide bonds. The van der Waals surface area contributed by atoms with Crippen LogP contribution in [0.15, 0.2) is 36.4 Å². The molecule has 0 bridgehead atoms. The Hall–Kier alpha value is -2.54. The third-order valence-electron chi connectivity index (χ3n) is 3.01. The molecule has 0 aromatic heterocycles. The fraction of sp³-hybridized carbons (Fsp3) is 0.125. The Morgan fingerprint density at radius 2 is 1.75 bits per heavy atom. The minimum absolute atomic E-state index is 0.0537. The largest absolute Gasteiger partial charge is 0.449 e. The van der Waals surface area contributed by atoms with Gasteiger partial charge < -0.3 is 10.1 Å². The highest BCUT2D eigenvalue weighted by Gasteiger charge is 2.24. The summed E-state index contributed by atoms with van der Waals surface area (Å²) >= 11 is 5.76. The quantitative estimate of drug-likeness (QED) is 0.843. The van der Waals surface area contributed by atoms with Gasteiger partial charge in [0.1, 0.15) is 23.0 Å². The number of rotatable bonds is 4. The van der Waals surface area contributed by atoms with Gasteiger partial charge in [0.05, 0.1) is 10.7 Å². The molecule has 0 heterocycles. The number of benzene rings is 2. The van der Waals surface area contributed by atoms with Gasteiger partial charge >= 0.3 is 5.97 Å². The van der Waals surface area contributed by atoms with E-state index in [1.807, 2.05) is 0 Å². The van der Waals surface area contributed by atoms with Crippen molar-refractivity contribution in [3.05, 3.63) is 64.4 Å². The average Bonchev–Trinajstić information content (AvgIpc) is 2.49. The normalized spacial score (nSPS) is 11.7. The van der Waals surface area contributed by atoms with Crippen molar-refractivity contribution in [1.29, 1.82) is 0 Å².